The Labute approximate surface area is 134 Å². The second-order valence-corrected chi connectivity index (χ2v) is 7.33. The quantitative estimate of drug-likeness (QED) is 0.788. The van der Waals surface area contributed by atoms with E-state index in [1.807, 2.05) is 0 Å². The zero-order valence-corrected chi connectivity index (χ0v) is 13.8. The first-order valence-electron chi connectivity index (χ1n) is 7.77. The van der Waals surface area contributed by atoms with Crippen molar-refractivity contribution in [2.75, 3.05) is 7.05 Å². The number of fused-ring (bicyclic) bond motifs is 3. The highest BCUT2D eigenvalue weighted by Crippen LogP contribution is 2.36. The highest BCUT2D eigenvalue weighted by Gasteiger charge is 2.39. The Balaban J connectivity index is 1.53. The van der Waals surface area contributed by atoms with Crippen molar-refractivity contribution in [2.24, 2.45) is 0 Å². The van der Waals surface area contributed by atoms with Crippen LogP contribution in [-0.4, -0.2) is 30.1 Å². The van der Waals surface area contributed by atoms with Gasteiger partial charge >= 0.3 is 0 Å². The highest BCUT2D eigenvalue weighted by atomic mass is 79.9. The fraction of sp³-hybridized carbons (Fsp3) is 0.444. The molecule has 2 aliphatic heterocycles. The number of halogens is 1. The number of hydrogen-bond acceptors (Lipinski definition) is 2. The summed E-state index contributed by atoms with van der Waals surface area (Å²) in [6, 6.07) is 14.3. The first-order valence-corrected chi connectivity index (χ1v) is 8.56. The summed E-state index contributed by atoms with van der Waals surface area (Å²) in [5, 5.41) is 2.49. The number of hydrogen-bond donors (Lipinski definition) is 0. The molecule has 2 fully saturated rings. The zero-order chi connectivity index (χ0) is 14.4. The molecule has 0 N–H and O–H groups in total. The molecule has 2 unspecified atom stereocenters. The zero-order valence-electron chi connectivity index (χ0n) is 12.3. The topological polar surface area (TPSA) is 12.5 Å². The molecule has 0 aromatic heterocycles. The SMILES string of the molecule is CN1C2CCC1CC(Oc1ccc3cc(Br)ccc3c1)C2. The minimum atomic E-state index is 0.381. The van der Waals surface area contributed by atoms with Gasteiger partial charge in [-0.3, -0.25) is 0 Å². The van der Waals surface area contributed by atoms with Crippen molar-refractivity contribution in [1.29, 1.82) is 0 Å². The molecule has 3 heteroatoms. The highest BCUT2D eigenvalue weighted by molar-refractivity contribution is 9.10. The first-order chi connectivity index (χ1) is 10.2. The summed E-state index contributed by atoms with van der Waals surface area (Å²) < 4.78 is 7.41. The van der Waals surface area contributed by atoms with Gasteiger partial charge in [0.1, 0.15) is 11.9 Å². The Morgan fingerprint density at radius 3 is 2.43 bits per heavy atom. The lowest BCUT2D eigenvalue weighted by atomic mass is 10.0. The average molecular weight is 346 g/mol. The van der Waals surface area contributed by atoms with Gasteiger partial charge in [0.25, 0.3) is 0 Å². The van der Waals surface area contributed by atoms with Gasteiger partial charge in [-0.05, 0) is 67.8 Å². The van der Waals surface area contributed by atoms with Crippen LogP contribution >= 0.6 is 15.9 Å². The van der Waals surface area contributed by atoms with Crippen LogP contribution in [0.1, 0.15) is 25.7 Å². The maximum absolute atomic E-state index is 6.28. The van der Waals surface area contributed by atoms with Crippen molar-refractivity contribution in [2.45, 2.75) is 43.9 Å². The molecular formula is C18H20BrNO. The van der Waals surface area contributed by atoms with Gasteiger partial charge in [-0.2, -0.15) is 0 Å². The predicted octanol–water partition coefficient (Wildman–Crippen LogP) is 4.61. The van der Waals surface area contributed by atoms with E-state index in [1.54, 1.807) is 0 Å². The monoisotopic (exact) mass is 345 g/mol. The largest absolute Gasteiger partial charge is 0.490 e. The lowest BCUT2D eigenvalue weighted by Crippen LogP contribution is -2.43. The van der Waals surface area contributed by atoms with E-state index in [0.717, 1.165) is 22.3 Å². The van der Waals surface area contributed by atoms with Crippen LogP contribution in [-0.2, 0) is 0 Å². The van der Waals surface area contributed by atoms with Gasteiger partial charge in [0.05, 0.1) is 0 Å². The summed E-state index contributed by atoms with van der Waals surface area (Å²) in [4.78, 5) is 2.55. The van der Waals surface area contributed by atoms with Crippen LogP contribution in [0.15, 0.2) is 40.9 Å². The molecular weight excluding hydrogens is 326 g/mol. The normalized spacial score (nSPS) is 29.0. The molecule has 2 aromatic carbocycles. The van der Waals surface area contributed by atoms with Crippen LogP contribution in [0.5, 0.6) is 5.75 Å². The van der Waals surface area contributed by atoms with Crippen LogP contribution in [0, 0.1) is 0 Å². The average Bonchev–Trinajstić information content (AvgIpc) is 2.70. The second kappa shape index (κ2) is 5.29. The Morgan fingerprint density at radius 2 is 1.67 bits per heavy atom. The Kier molecular flexibility index (Phi) is 3.43. The van der Waals surface area contributed by atoms with E-state index in [1.165, 1.54) is 36.5 Å². The van der Waals surface area contributed by atoms with E-state index in [9.17, 15) is 0 Å². The van der Waals surface area contributed by atoms with E-state index >= 15 is 0 Å². The fourth-order valence-corrected chi connectivity index (χ4v) is 4.30. The maximum atomic E-state index is 6.28. The summed E-state index contributed by atoms with van der Waals surface area (Å²) in [5.41, 5.74) is 0. The van der Waals surface area contributed by atoms with Gasteiger partial charge in [-0.15, -0.1) is 0 Å². The molecule has 2 heterocycles. The minimum absolute atomic E-state index is 0.381. The molecule has 0 spiro atoms. The third kappa shape index (κ3) is 2.58. The molecule has 110 valence electrons. The first kappa shape index (κ1) is 13.6. The second-order valence-electron chi connectivity index (χ2n) is 6.42. The van der Waals surface area contributed by atoms with Gasteiger partial charge in [-0.25, -0.2) is 0 Å². The van der Waals surface area contributed by atoms with Gasteiger partial charge < -0.3 is 9.64 Å². The third-order valence-electron chi connectivity index (χ3n) is 5.13. The number of benzene rings is 2. The third-order valence-corrected chi connectivity index (χ3v) is 5.62. The Bertz CT molecular complexity index is 657. The lowest BCUT2D eigenvalue weighted by Gasteiger charge is -2.36. The summed E-state index contributed by atoms with van der Waals surface area (Å²) >= 11 is 3.52. The van der Waals surface area contributed by atoms with Crippen molar-refractivity contribution in [1.82, 2.24) is 4.90 Å². The van der Waals surface area contributed by atoms with Gasteiger partial charge in [-0.1, -0.05) is 28.1 Å². The molecule has 2 saturated heterocycles. The Hall–Kier alpha value is -1.06. The van der Waals surface area contributed by atoms with E-state index in [-0.39, 0.29) is 0 Å². The lowest BCUT2D eigenvalue weighted by molar-refractivity contribution is 0.0662. The fourth-order valence-electron chi connectivity index (χ4n) is 3.92. The molecule has 4 rings (SSSR count). The van der Waals surface area contributed by atoms with Crippen molar-refractivity contribution in [3.63, 3.8) is 0 Å². The van der Waals surface area contributed by atoms with Gasteiger partial charge in [0.2, 0.25) is 0 Å². The van der Waals surface area contributed by atoms with Crippen molar-refractivity contribution >= 4 is 26.7 Å². The summed E-state index contributed by atoms with van der Waals surface area (Å²) in [6.45, 7) is 0. The molecule has 0 radical (unpaired) electrons. The minimum Gasteiger partial charge on any atom is -0.490 e. The Morgan fingerprint density at radius 1 is 1.00 bits per heavy atom. The van der Waals surface area contributed by atoms with E-state index in [4.69, 9.17) is 4.74 Å². The predicted molar refractivity (Wildman–Crippen MR) is 89.9 cm³/mol. The summed E-state index contributed by atoms with van der Waals surface area (Å²) in [5.74, 6) is 1.01. The van der Waals surface area contributed by atoms with Crippen LogP contribution in [0.3, 0.4) is 0 Å². The summed E-state index contributed by atoms with van der Waals surface area (Å²) in [6.07, 6.45) is 5.41. The van der Waals surface area contributed by atoms with E-state index in [0.29, 0.717) is 6.10 Å². The smallest absolute Gasteiger partial charge is 0.120 e. The molecule has 0 saturated carbocycles. The number of piperidine rings is 1. The molecule has 21 heavy (non-hydrogen) atoms. The van der Waals surface area contributed by atoms with Crippen LogP contribution < -0.4 is 4.74 Å². The van der Waals surface area contributed by atoms with Crippen LogP contribution in [0.25, 0.3) is 10.8 Å². The van der Waals surface area contributed by atoms with E-state index < -0.39 is 0 Å². The van der Waals surface area contributed by atoms with Gasteiger partial charge in [0, 0.05) is 16.6 Å². The molecule has 0 amide bonds. The van der Waals surface area contributed by atoms with Gasteiger partial charge in [0.15, 0.2) is 0 Å². The number of rotatable bonds is 2. The summed E-state index contributed by atoms with van der Waals surface area (Å²) in [7, 11) is 2.27. The van der Waals surface area contributed by atoms with Crippen molar-refractivity contribution < 1.29 is 4.74 Å². The molecule has 2 bridgehead atoms. The maximum Gasteiger partial charge on any atom is 0.120 e. The molecule has 2 aliphatic rings. The molecule has 2 nitrogen and oxygen atoms in total. The molecule has 0 aliphatic carbocycles. The number of nitrogens with zero attached hydrogens (tertiary/aromatic N) is 1. The molecule has 2 atom stereocenters. The van der Waals surface area contributed by atoms with Crippen molar-refractivity contribution in [3.8, 4) is 5.75 Å². The number of ether oxygens (including phenoxy) is 1. The van der Waals surface area contributed by atoms with Crippen molar-refractivity contribution in [3.05, 3.63) is 40.9 Å². The van der Waals surface area contributed by atoms with Crippen LogP contribution in [0.2, 0.25) is 0 Å². The van der Waals surface area contributed by atoms with Crippen LogP contribution in [0.4, 0.5) is 0 Å². The molecule has 2 aromatic rings. The standard InChI is InChI=1S/C18H20BrNO/c1-20-15-5-6-16(20)11-18(10-15)21-17-7-3-12-8-14(19)4-2-13(12)9-17/h2-4,7-9,15-16,18H,5-6,10-11H2,1H3. The van der Waals surface area contributed by atoms with E-state index in [2.05, 4.69) is 64.3 Å².